The van der Waals surface area contributed by atoms with Crippen molar-refractivity contribution in [2.75, 3.05) is 7.11 Å². The number of aryl methyl sites for hydroxylation is 1. The average molecular weight is 406 g/mol. The van der Waals surface area contributed by atoms with Crippen molar-refractivity contribution in [3.05, 3.63) is 57.7 Å². The first-order valence-corrected chi connectivity index (χ1v) is 8.24. The van der Waals surface area contributed by atoms with Gasteiger partial charge in [-0.25, -0.2) is 8.42 Å². The van der Waals surface area contributed by atoms with Crippen LogP contribution in [0.5, 0.6) is 5.75 Å². The summed E-state index contributed by atoms with van der Waals surface area (Å²) in [4.78, 5) is -0.178. The molecule has 0 radical (unpaired) electrons. The van der Waals surface area contributed by atoms with Crippen LogP contribution < -0.4 is 27.3 Å². The lowest BCUT2D eigenvalue weighted by Crippen LogP contribution is -3.34. The molecule has 0 amide bonds. The topological polar surface area (TPSA) is 66.4 Å². The van der Waals surface area contributed by atoms with Crippen molar-refractivity contribution in [1.82, 2.24) is 0 Å². The molecule has 2 aromatic rings. The highest BCUT2D eigenvalue weighted by Gasteiger charge is 1.97. The van der Waals surface area contributed by atoms with E-state index in [4.69, 9.17) is 4.74 Å². The quantitative estimate of drug-likeness (QED) is 0.477. The smallest absolute Gasteiger partial charge is 0.296 e. The maximum atomic E-state index is 10.4. The molecular formula is C14H15IO4S. The lowest BCUT2D eigenvalue weighted by molar-refractivity contribution is -0.328. The fraction of sp³-hybridized carbons (Fsp3) is 0.143. The van der Waals surface area contributed by atoms with Gasteiger partial charge in [-0.2, -0.15) is 0 Å². The lowest BCUT2D eigenvalue weighted by atomic mass is 10.2. The van der Waals surface area contributed by atoms with Crippen molar-refractivity contribution >= 4 is 10.1 Å². The minimum absolute atomic E-state index is 0.178. The van der Waals surface area contributed by atoms with Gasteiger partial charge in [0.1, 0.15) is 15.9 Å². The van der Waals surface area contributed by atoms with Gasteiger partial charge in [0.25, 0.3) is 22.6 Å². The molecule has 0 aromatic heterocycles. The molecule has 20 heavy (non-hydrogen) atoms. The Morgan fingerprint density at radius 2 is 1.50 bits per heavy atom. The van der Waals surface area contributed by atoms with Crippen LogP contribution in [0.1, 0.15) is 5.56 Å². The molecule has 0 bridgehead atoms. The van der Waals surface area contributed by atoms with Crippen molar-refractivity contribution in [3.8, 4) is 5.75 Å². The van der Waals surface area contributed by atoms with E-state index in [0.29, 0.717) is 0 Å². The summed E-state index contributed by atoms with van der Waals surface area (Å²) in [6.07, 6.45) is 0. The Kier molecular flexibility index (Phi) is 6.44. The summed E-state index contributed by atoms with van der Waals surface area (Å²) < 4.78 is 37.4. The summed E-state index contributed by atoms with van der Waals surface area (Å²) in [5.41, 5.74) is 0.928. The minimum Gasteiger partial charge on any atom is -0.744 e. The first-order chi connectivity index (χ1) is 9.32. The van der Waals surface area contributed by atoms with Crippen molar-refractivity contribution in [3.63, 3.8) is 0 Å². The molecule has 0 heterocycles. The summed E-state index contributed by atoms with van der Waals surface area (Å²) >= 11 is 1.99. The first kappa shape index (κ1) is 16.9. The molecule has 0 saturated heterocycles. The summed E-state index contributed by atoms with van der Waals surface area (Å²) in [6, 6.07) is 13.8. The molecule has 0 aliphatic heterocycles. The third-order valence-corrected chi connectivity index (χ3v) is 4.00. The van der Waals surface area contributed by atoms with Gasteiger partial charge < -0.3 is 9.29 Å². The SMILES string of the molecule is COc1ccc([IH+])cc1.Cc1ccc(S(=O)(=O)[O-])cc1. The monoisotopic (exact) mass is 406 g/mol. The van der Waals surface area contributed by atoms with Gasteiger partial charge in [0.05, 0.1) is 12.0 Å². The molecule has 0 atom stereocenters. The zero-order valence-electron chi connectivity index (χ0n) is 11.1. The Hall–Kier alpha value is -1.12. The van der Waals surface area contributed by atoms with Gasteiger partial charge in [-0.1, -0.05) is 17.7 Å². The van der Waals surface area contributed by atoms with Crippen LogP contribution in [-0.4, -0.2) is 20.1 Å². The Labute approximate surface area is 132 Å². The highest BCUT2D eigenvalue weighted by molar-refractivity contribution is 7.85. The zero-order valence-corrected chi connectivity index (χ0v) is 14.2. The fourth-order valence-electron chi connectivity index (χ4n) is 1.28. The predicted molar refractivity (Wildman–Crippen MR) is 72.2 cm³/mol. The van der Waals surface area contributed by atoms with E-state index in [9.17, 15) is 13.0 Å². The van der Waals surface area contributed by atoms with Crippen LogP contribution in [0.2, 0.25) is 0 Å². The van der Waals surface area contributed by atoms with Gasteiger partial charge in [-0.3, -0.25) is 0 Å². The second-order valence-electron chi connectivity index (χ2n) is 3.94. The van der Waals surface area contributed by atoms with Crippen molar-refractivity contribution in [2.24, 2.45) is 0 Å². The predicted octanol–water partition coefficient (Wildman–Crippen LogP) is -0.950. The van der Waals surface area contributed by atoms with Gasteiger partial charge in [-0.05, 0) is 43.3 Å². The Morgan fingerprint density at radius 3 is 1.90 bits per heavy atom. The van der Waals surface area contributed by atoms with Gasteiger partial charge in [0, 0.05) is 0 Å². The number of hydrogen-bond donors (Lipinski definition) is 0. The molecule has 108 valence electrons. The Balaban J connectivity index is 0.000000204. The second-order valence-corrected chi connectivity index (χ2v) is 6.67. The van der Waals surface area contributed by atoms with Crippen LogP contribution in [0.4, 0.5) is 0 Å². The third-order valence-electron chi connectivity index (χ3n) is 2.37. The van der Waals surface area contributed by atoms with E-state index >= 15 is 0 Å². The van der Waals surface area contributed by atoms with Crippen LogP contribution in [0, 0.1) is 10.5 Å². The molecule has 0 aliphatic rings. The Morgan fingerprint density at radius 1 is 1.00 bits per heavy atom. The van der Waals surface area contributed by atoms with Gasteiger partial charge in [-0.15, -0.1) is 0 Å². The number of benzene rings is 2. The molecule has 0 fully saturated rings. The van der Waals surface area contributed by atoms with E-state index in [1.807, 2.05) is 53.8 Å². The molecule has 2 aromatic carbocycles. The maximum absolute atomic E-state index is 10.4. The van der Waals surface area contributed by atoms with Crippen LogP contribution in [0.15, 0.2) is 53.4 Å². The van der Waals surface area contributed by atoms with E-state index in [1.54, 1.807) is 19.2 Å². The second kappa shape index (κ2) is 7.61. The van der Waals surface area contributed by atoms with Crippen LogP contribution in [0.3, 0.4) is 0 Å². The molecule has 0 unspecified atom stereocenters. The van der Waals surface area contributed by atoms with Crippen LogP contribution in [-0.2, 0) is 10.1 Å². The van der Waals surface area contributed by atoms with Crippen LogP contribution in [0.25, 0.3) is 0 Å². The van der Waals surface area contributed by atoms with Gasteiger partial charge in [0.2, 0.25) is 0 Å². The lowest BCUT2D eigenvalue weighted by Gasteiger charge is -2.05. The number of rotatable bonds is 2. The maximum Gasteiger partial charge on any atom is 0.296 e. The van der Waals surface area contributed by atoms with Crippen molar-refractivity contribution in [2.45, 2.75) is 11.8 Å². The van der Waals surface area contributed by atoms with E-state index in [1.165, 1.54) is 15.7 Å². The zero-order chi connectivity index (χ0) is 15.2. The molecule has 0 saturated carbocycles. The average Bonchev–Trinajstić information content (AvgIpc) is 2.40. The molecule has 0 N–H and O–H groups in total. The van der Waals surface area contributed by atoms with E-state index in [2.05, 4.69) is 0 Å². The largest absolute Gasteiger partial charge is 0.744 e. The summed E-state index contributed by atoms with van der Waals surface area (Å²) in [5.74, 6) is 0.919. The molecule has 4 nitrogen and oxygen atoms in total. The van der Waals surface area contributed by atoms with E-state index in [-0.39, 0.29) is 4.90 Å². The molecule has 0 spiro atoms. The standard InChI is InChI=1S/C7H8IO.C7H8O3S/c1-9-7-4-2-6(8)3-5-7;1-6-2-4-7(5-3-6)11(8,9)10/h2-5,8H,1H3;2-5H,1H3,(H,8,9,10)/q+1;/p-1. The number of ether oxygens (including phenoxy) is 1. The highest BCUT2D eigenvalue weighted by Crippen LogP contribution is 2.08. The molecule has 2 rings (SSSR count). The number of methoxy groups -OCH3 is 1. The molecular weight excluding hydrogens is 391 g/mol. The number of halogens is 1. The highest BCUT2D eigenvalue weighted by atomic mass is 127. The van der Waals surface area contributed by atoms with E-state index < -0.39 is 10.1 Å². The minimum atomic E-state index is -4.27. The van der Waals surface area contributed by atoms with Crippen LogP contribution >= 0.6 is 0 Å². The van der Waals surface area contributed by atoms with Gasteiger partial charge in [0.15, 0.2) is 3.57 Å². The summed E-state index contributed by atoms with van der Waals surface area (Å²) in [7, 11) is -2.60. The summed E-state index contributed by atoms with van der Waals surface area (Å²) in [5, 5.41) is 0. The van der Waals surface area contributed by atoms with Gasteiger partial charge >= 0.3 is 0 Å². The third kappa shape index (κ3) is 5.89. The fourth-order valence-corrected chi connectivity index (χ4v) is 2.14. The Bertz CT molecular complexity index is 634. The first-order valence-electron chi connectivity index (χ1n) is 5.66. The molecule has 6 heteroatoms. The normalized spacial score (nSPS) is 10.4. The van der Waals surface area contributed by atoms with Crippen molar-refractivity contribution < 1.29 is 40.3 Å². The van der Waals surface area contributed by atoms with Crippen molar-refractivity contribution in [1.29, 1.82) is 0 Å². The molecule has 0 aliphatic carbocycles. The number of hydrogen-bond acceptors (Lipinski definition) is 4. The van der Waals surface area contributed by atoms with E-state index in [0.717, 1.165) is 11.3 Å². The summed E-state index contributed by atoms with van der Waals surface area (Å²) in [6.45, 7) is 1.82.